The molecule has 0 fully saturated rings. The Balaban J connectivity index is 1.67. The summed E-state index contributed by atoms with van der Waals surface area (Å²) < 4.78 is 34.9. The third-order valence-electron chi connectivity index (χ3n) is 6.39. The molecule has 184 valence electrons. The van der Waals surface area contributed by atoms with Crippen molar-refractivity contribution in [2.24, 2.45) is 0 Å². The van der Waals surface area contributed by atoms with E-state index in [-0.39, 0.29) is 17.6 Å². The van der Waals surface area contributed by atoms with Gasteiger partial charge in [-0.1, -0.05) is 44.2 Å². The van der Waals surface area contributed by atoms with Crippen molar-refractivity contribution < 1.29 is 23.0 Å². The molecule has 1 unspecified atom stereocenters. The third-order valence-corrected chi connectivity index (χ3v) is 6.39. The summed E-state index contributed by atoms with van der Waals surface area (Å²) in [5.74, 6) is 0.515. The van der Waals surface area contributed by atoms with Crippen LogP contribution in [-0.4, -0.2) is 24.6 Å². The molecule has 0 N–H and O–H groups in total. The zero-order valence-electron chi connectivity index (χ0n) is 20.2. The molecule has 0 aliphatic heterocycles. The van der Waals surface area contributed by atoms with E-state index in [2.05, 4.69) is 23.6 Å². The number of pyridine rings is 1. The van der Waals surface area contributed by atoms with E-state index in [1.807, 2.05) is 36.4 Å². The fourth-order valence-electron chi connectivity index (χ4n) is 4.47. The molecule has 35 heavy (non-hydrogen) atoms. The number of anilines is 1. The average molecular weight is 481 g/mol. The van der Waals surface area contributed by atoms with Crippen LogP contribution in [0.4, 0.5) is 14.5 Å². The first-order valence-corrected chi connectivity index (χ1v) is 11.8. The number of hydrogen-bond donors (Lipinski definition) is 0. The Labute approximate surface area is 204 Å². The Bertz CT molecular complexity index is 1150. The van der Waals surface area contributed by atoms with E-state index in [0.717, 1.165) is 35.3 Å². The molecule has 4 rings (SSSR count). The molecule has 3 aromatic rings. The molecule has 1 amide bonds. The highest BCUT2D eigenvalue weighted by molar-refractivity contribution is 5.98. The Hall–Kier alpha value is -3.48. The summed E-state index contributed by atoms with van der Waals surface area (Å²) in [6, 6.07) is 18.2. The van der Waals surface area contributed by atoms with Crippen molar-refractivity contribution in [1.82, 2.24) is 4.98 Å². The van der Waals surface area contributed by atoms with E-state index in [1.54, 1.807) is 24.1 Å². The molecular weight excluding hydrogens is 450 g/mol. The lowest BCUT2D eigenvalue weighted by molar-refractivity contribution is -0.120. The van der Waals surface area contributed by atoms with Crippen LogP contribution in [0.5, 0.6) is 11.6 Å². The van der Waals surface area contributed by atoms with E-state index in [9.17, 15) is 13.6 Å². The van der Waals surface area contributed by atoms with Crippen LogP contribution in [0.3, 0.4) is 0 Å². The van der Waals surface area contributed by atoms with Gasteiger partial charge in [0.05, 0.1) is 25.3 Å². The highest BCUT2D eigenvalue weighted by Crippen LogP contribution is 2.35. The van der Waals surface area contributed by atoms with Crippen molar-refractivity contribution in [2.75, 3.05) is 12.0 Å². The number of amides is 1. The number of carbonyl (C=O) groups excluding carboxylic acids is 1. The monoisotopic (exact) mass is 480 g/mol. The van der Waals surface area contributed by atoms with Crippen molar-refractivity contribution in [3.63, 3.8) is 0 Å². The van der Waals surface area contributed by atoms with Gasteiger partial charge >= 0.3 is 6.61 Å². The number of nitrogens with zero attached hydrogens (tertiary/aromatic N) is 2. The summed E-state index contributed by atoms with van der Waals surface area (Å²) in [5.41, 5.74) is 4.61. The van der Waals surface area contributed by atoms with E-state index < -0.39 is 6.61 Å². The standard InChI is InChI=1S/C28H30F2N2O3/c1-18(2)20-9-12-22(13-10-20)32(17-19-7-14-23(15-8-19)35-28(29)30)27(33)24-6-4-5-21-11-16-25(34-3)31-26(21)24/h7-16,18,24,28H,4-6,17H2,1-3H3. The first-order chi connectivity index (χ1) is 16.9. The number of hydrogen-bond acceptors (Lipinski definition) is 4. The Kier molecular flexibility index (Phi) is 7.63. The Morgan fingerprint density at radius 1 is 1.06 bits per heavy atom. The van der Waals surface area contributed by atoms with Crippen molar-refractivity contribution in [3.05, 3.63) is 83.0 Å². The molecule has 7 heteroatoms. The number of aryl methyl sites for hydroxylation is 1. The molecule has 1 heterocycles. The molecule has 0 radical (unpaired) electrons. The minimum absolute atomic E-state index is 0.0445. The summed E-state index contributed by atoms with van der Waals surface area (Å²) >= 11 is 0. The normalized spacial score (nSPS) is 15.1. The minimum atomic E-state index is -2.88. The Morgan fingerprint density at radius 2 is 1.77 bits per heavy atom. The molecule has 1 aliphatic rings. The van der Waals surface area contributed by atoms with Crippen LogP contribution < -0.4 is 14.4 Å². The molecule has 5 nitrogen and oxygen atoms in total. The Morgan fingerprint density at radius 3 is 2.40 bits per heavy atom. The van der Waals surface area contributed by atoms with Crippen molar-refractivity contribution >= 4 is 11.6 Å². The summed E-state index contributed by atoms with van der Waals surface area (Å²) in [4.78, 5) is 20.4. The summed E-state index contributed by atoms with van der Waals surface area (Å²) in [6.45, 7) is 1.66. The fourth-order valence-corrected chi connectivity index (χ4v) is 4.47. The van der Waals surface area contributed by atoms with E-state index in [4.69, 9.17) is 4.74 Å². The smallest absolute Gasteiger partial charge is 0.387 e. The van der Waals surface area contributed by atoms with Crippen molar-refractivity contribution in [2.45, 2.75) is 58.1 Å². The van der Waals surface area contributed by atoms with E-state index >= 15 is 0 Å². The van der Waals surface area contributed by atoms with Crippen LogP contribution in [0.15, 0.2) is 60.7 Å². The molecule has 1 aliphatic carbocycles. The van der Waals surface area contributed by atoms with Gasteiger partial charge in [-0.05, 0) is 66.1 Å². The van der Waals surface area contributed by atoms with Gasteiger partial charge in [0.25, 0.3) is 0 Å². The number of aromatic nitrogens is 1. The van der Waals surface area contributed by atoms with Crippen LogP contribution >= 0.6 is 0 Å². The minimum Gasteiger partial charge on any atom is -0.481 e. The summed E-state index contributed by atoms with van der Waals surface area (Å²) in [7, 11) is 1.57. The molecule has 1 aromatic heterocycles. The van der Waals surface area contributed by atoms with Gasteiger partial charge in [0.1, 0.15) is 5.75 Å². The zero-order valence-corrected chi connectivity index (χ0v) is 20.2. The second kappa shape index (κ2) is 10.8. The molecule has 1 atom stereocenters. The van der Waals surface area contributed by atoms with Gasteiger partial charge < -0.3 is 14.4 Å². The number of fused-ring (bicyclic) bond motifs is 1. The number of halogens is 2. The molecule has 0 saturated heterocycles. The van der Waals surface area contributed by atoms with Crippen LogP contribution in [-0.2, 0) is 17.8 Å². The van der Waals surface area contributed by atoms with Crippen LogP contribution in [0.25, 0.3) is 0 Å². The van der Waals surface area contributed by atoms with E-state index in [1.165, 1.54) is 17.7 Å². The van der Waals surface area contributed by atoms with Gasteiger partial charge in [0.15, 0.2) is 0 Å². The number of ether oxygens (including phenoxy) is 2. The quantitative estimate of drug-likeness (QED) is 0.371. The van der Waals surface area contributed by atoms with Crippen molar-refractivity contribution in [1.29, 1.82) is 0 Å². The summed E-state index contributed by atoms with van der Waals surface area (Å²) in [5, 5.41) is 0. The van der Waals surface area contributed by atoms with Crippen LogP contribution in [0, 0.1) is 0 Å². The fraction of sp³-hybridized carbons (Fsp3) is 0.357. The van der Waals surface area contributed by atoms with Gasteiger partial charge in [-0.2, -0.15) is 8.78 Å². The van der Waals surface area contributed by atoms with Crippen molar-refractivity contribution in [3.8, 4) is 11.6 Å². The molecule has 0 bridgehead atoms. The van der Waals surface area contributed by atoms with Gasteiger partial charge in [-0.25, -0.2) is 4.98 Å². The highest BCUT2D eigenvalue weighted by atomic mass is 19.3. The number of methoxy groups -OCH3 is 1. The van der Waals surface area contributed by atoms with Crippen LogP contribution in [0.1, 0.15) is 60.9 Å². The van der Waals surface area contributed by atoms with E-state index in [0.29, 0.717) is 24.8 Å². The SMILES string of the molecule is COc1ccc2c(n1)C(C(=O)N(Cc1ccc(OC(F)F)cc1)c1ccc(C(C)C)cc1)CCC2. The third kappa shape index (κ3) is 5.78. The lowest BCUT2D eigenvalue weighted by Crippen LogP contribution is -2.36. The molecule has 2 aromatic carbocycles. The number of alkyl halides is 2. The molecule has 0 saturated carbocycles. The average Bonchev–Trinajstić information content (AvgIpc) is 2.87. The maximum Gasteiger partial charge on any atom is 0.387 e. The largest absolute Gasteiger partial charge is 0.481 e. The second-order valence-electron chi connectivity index (χ2n) is 9.04. The van der Waals surface area contributed by atoms with Gasteiger partial charge in [-0.15, -0.1) is 0 Å². The predicted octanol–water partition coefficient (Wildman–Crippen LogP) is 6.47. The topological polar surface area (TPSA) is 51.7 Å². The first-order valence-electron chi connectivity index (χ1n) is 11.8. The predicted molar refractivity (Wildman–Crippen MR) is 131 cm³/mol. The lowest BCUT2D eigenvalue weighted by atomic mass is 9.85. The summed E-state index contributed by atoms with van der Waals surface area (Å²) in [6.07, 6.45) is 2.48. The zero-order chi connectivity index (χ0) is 24.9. The lowest BCUT2D eigenvalue weighted by Gasteiger charge is -2.31. The van der Waals surface area contributed by atoms with Gasteiger partial charge in [0.2, 0.25) is 11.8 Å². The van der Waals surface area contributed by atoms with Gasteiger partial charge in [-0.3, -0.25) is 4.79 Å². The molecule has 0 spiro atoms. The van der Waals surface area contributed by atoms with Crippen LogP contribution in [0.2, 0.25) is 0 Å². The second-order valence-corrected chi connectivity index (χ2v) is 9.04. The molecular formula is C28H30F2N2O3. The maximum absolute atomic E-state index is 14.0. The highest BCUT2D eigenvalue weighted by Gasteiger charge is 2.32. The number of benzene rings is 2. The number of rotatable bonds is 8. The number of carbonyl (C=O) groups is 1. The van der Waals surface area contributed by atoms with Gasteiger partial charge in [0, 0.05) is 11.8 Å². The first kappa shape index (κ1) is 24.6. The maximum atomic E-state index is 14.0.